The van der Waals surface area contributed by atoms with Gasteiger partial charge in [0.1, 0.15) is 11.3 Å². The predicted molar refractivity (Wildman–Crippen MR) is 105 cm³/mol. The van der Waals surface area contributed by atoms with E-state index in [1.807, 2.05) is 12.1 Å². The molecule has 1 aliphatic rings. The minimum absolute atomic E-state index is 0.0762. The summed E-state index contributed by atoms with van der Waals surface area (Å²) in [6.07, 6.45) is -0.542. The molecule has 3 rings (SSSR count). The summed E-state index contributed by atoms with van der Waals surface area (Å²) in [5.41, 5.74) is 1.46. The lowest BCUT2D eigenvalue weighted by molar-refractivity contribution is -0.149. The van der Waals surface area contributed by atoms with Crippen molar-refractivity contribution < 1.29 is 32.2 Å². The fourth-order valence-electron chi connectivity index (χ4n) is 3.13. The van der Waals surface area contributed by atoms with Gasteiger partial charge < -0.3 is 14.2 Å². The first-order valence-corrected chi connectivity index (χ1v) is 10.3. The van der Waals surface area contributed by atoms with E-state index in [1.165, 1.54) is 43.6 Å². The predicted octanol–water partition coefficient (Wildman–Crippen LogP) is 2.16. The van der Waals surface area contributed by atoms with Gasteiger partial charge in [0.25, 0.3) is 10.0 Å². The second kappa shape index (κ2) is 8.12. The highest BCUT2D eigenvalue weighted by atomic mass is 32.2. The number of carbonyl (C=O) groups is 2. The summed E-state index contributed by atoms with van der Waals surface area (Å²) in [4.78, 5) is 24.0. The molecule has 29 heavy (non-hydrogen) atoms. The number of nitrogens with zero attached hydrogens (tertiary/aromatic N) is 1. The topological polar surface area (TPSA) is 99.2 Å². The smallest absolute Gasteiger partial charge is 0.346 e. The van der Waals surface area contributed by atoms with Crippen LogP contribution in [0.3, 0.4) is 0 Å². The minimum atomic E-state index is -3.90. The van der Waals surface area contributed by atoms with E-state index in [2.05, 4.69) is 4.74 Å². The average Bonchev–Trinajstić information content (AvgIpc) is 3.17. The Morgan fingerprint density at radius 3 is 2.52 bits per heavy atom. The molecule has 0 aliphatic carbocycles. The molecular formula is C20H21NO7S. The summed E-state index contributed by atoms with van der Waals surface area (Å²) < 4.78 is 42.5. The van der Waals surface area contributed by atoms with Crippen molar-refractivity contribution in [3.8, 4) is 5.75 Å². The second-order valence-corrected chi connectivity index (χ2v) is 8.25. The van der Waals surface area contributed by atoms with Gasteiger partial charge in [-0.05, 0) is 43.2 Å². The second-order valence-electron chi connectivity index (χ2n) is 6.39. The summed E-state index contributed by atoms with van der Waals surface area (Å²) in [6, 6.07) is 11.2. The number of rotatable bonds is 6. The van der Waals surface area contributed by atoms with Crippen LogP contribution in [-0.2, 0) is 30.7 Å². The summed E-state index contributed by atoms with van der Waals surface area (Å²) in [5, 5.41) is 0. The van der Waals surface area contributed by atoms with Crippen LogP contribution in [0, 0.1) is 0 Å². The Morgan fingerprint density at radius 1 is 1.10 bits per heavy atom. The fraction of sp³-hybridized carbons (Fsp3) is 0.300. The van der Waals surface area contributed by atoms with E-state index in [1.54, 1.807) is 12.1 Å². The van der Waals surface area contributed by atoms with Crippen molar-refractivity contribution in [2.24, 2.45) is 0 Å². The van der Waals surface area contributed by atoms with Crippen LogP contribution in [-0.4, -0.2) is 47.2 Å². The van der Waals surface area contributed by atoms with Crippen molar-refractivity contribution in [3.05, 3.63) is 53.6 Å². The number of ether oxygens (including phenoxy) is 3. The van der Waals surface area contributed by atoms with Crippen molar-refractivity contribution in [1.29, 1.82) is 0 Å². The molecule has 1 aliphatic heterocycles. The van der Waals surface area contributed by atoms with E-state index < -0.39 is 28.1 Å². The molecule has 0 spiro atoms. The molecule has 2 aromatic rings. The molecule has 0 radical (unpaired) electrons. The SMILES string of the molecule is COC(=O)[C@@H](C)OC(=O)c1cc(S(=O)(=O)N2CCc3ccccc32)ccc1OC. The zero-order chi connectivity index (χ0) is 21.2. The Hall–Kier alpha value is -3.07. The summed E-state index contributed by atoms with van der Waals surface area (Å²) >= 11 is 0. The number of methoxy groups -OCH3 is 2. The van der Waals surface area contributed by atoms with Crippen LogP contribution in [0.4, 0.5) is 5.69 Å². The lowest BCUT2D eigenvalue weighted by Crippen LogP contribution is -2.29. The highest BCUT2D eigenvalue weighted by Crippen LogP contribution is 2.34. The number of sulfonamides is 1. The number of hydrogen-bond acceptors (Lipinski definition) is 7. The molecular weight excluding hydrogens is 398 g/mol. The number of carbonyl (C=O) groups excluding carboxylic acids is 2. The molecule has 0 amide bonds. The number of fused-ring (bicyclic) bond motifs is 1. The van der Waals surface area contributed by atoms with E-state index >= 15 is 0 Å². The Morgan fingerprint density at radius 2 is 1.83 bits per heavy atom. The molecule has 8 nitrogen and oxygen atoms in total. The maximum atomic E-state index is 13.2. The number of para-hydroxylation sites is 1. The first kappa shape index (κ1) is 20.7. The Labute approximate surface area is 169 Å². The number of esters is 2. The third kappa shape index (κ3) is 3.91. The molecule has 2 aromatic carbocycles. The molecule has 0 fully saturated rings. The van der Waals surface area contributed by atoms with E-state index in [0.717, 1.165) is 5.56 Å². The lowest BCUT2D eigenvalue weighted by Gasteiger charge is -2.20. The van der Waals surface area contributed by atoms with E-state index in [4.69, 9.17) is 9.47 Å². The number of anilines is 1. The largest absolute Gasteiger partial charge is 0.496 e. The molecule has 0 saturated heterocycles. The van der Waals surface area contributed by atoms with Crippen molar-refractivity contribution in [1.82, 2.24) is 0 Å². The molecule has 9 heteroatoms. The Kier molecular flexibility index (Phi) is 5.78. The van der Waals surface area contributed by atoms with Crippen LogP contribution >= 0.6 is 0 Å². The normalized spacial score (nSPS) is 14.1. The highest BCUT2D eigenvalue weighted by Gasteiger charge is 2.32. The minimum Gasteiger partial charge on any atom is -0.496 e. The molecule has 1 atom stereocenters. The monoisotopic (exact) mass is 419 g/mol. The number of benzene rings is 2. The molecule has 0 N–H and O–H groups in total. The van der Waals surface area contributed by atoms with Gasteiger partial charge in [0.05, 0.1) is 24.8 Å². The molecule has 154 valence electrons. The quantitative estimate of drug-likeness (QED) is 0.662. The van der Waals surface area contributed by atoms with Gasteiger partial charge in [-0.15, -0.1) is 0 Å². The van der Waals surface area contributed by atoms with E-state index in [9.17, 15) is 18.0 Å². The van der Waals surface area contributed by atoms with E-state index in [0.29, 0.717) is 18.7 Å². The van der Waals surface area contributed by atoms with Gasteiger partial charge in [0.2, 0.25) is 0 Å². The van der Waals surface area contributed by atoms with Crippen LogP contribution < -0.4 is 9.04 Å². The first-order chi connectivity index (χ1) is 13.8. The zero-order valence-electron chi connectivity index (χ0n) is 16.2. The third-order valence-corrected chi connectivity index (χ3v) is 6.45. The standard InChI is InChI=1S/C20H21NO7S/c1-13(19(22)27-3)28-20(23)16-12-15(8-9-18(16)26-2)29(24,25)21-11-10-14-6-4-5-7-17(14)21/h4-9,12-13H,10-11H2,1-3H3/t13-/m1/s1. The van der Waals surface area contributed by atoms with Gasteiger partial charge >= 0.3 is 11.9 Å². The maximum Gasteiger partial charge on any atom is 0.346 e. The highest BCUT2D eigenvalue weighted by molar-refractivity contribution is 7.92. The Balaban J connectivity index is 1.96. The summed E-state index contributed by atoms with van der Waals surface area (Å²) in [5.74, 6) is -1.48. The van der Waals surface area contributed by atoms with E-state index in [-0.39, 0.29) is 16.2 Å². The van der Waals surface area contributed by atoms with Gasteiger partial charge in [-0.3, -0.25) is 4.31 Å². The average molecular weight is 419 g/mol. The molecule has 0 aromatic heterocycles. The molecule has 1 heterocycles. The zero-order valence-corrected chi connectivity index (χ0v) is 17.1. The van der Waals surface area contributed by atoms with Crippen LogP contribution in [0.25, 0.3) is 0 Å². The first-order valence-electron chi connectivity index (χ1n) is 8.87. The lowest BCUT2D eigenvalue weighted by atomic mass is 10.2. The van der Waals surface area contributed by atoms with Crippen molar-refractivity contribution in [3.63, 3.8) is 0 Å². The fourth-order valence-corrected chi connectivity index (χ4v) is 4.66. The van der Waals surface area contributed by atoms with Crippen LogP contribution in [0.5, 0.6) is 5.75 Å². The van der Waals surface area contributed by atoms with Crippen molar-refractivity contribution in [2.45, 2.75) is 24.3 Å². The summed E-state index contributed by atoms with van der Waals surface area (Å²) in [6.45, 7) is 1.67. The Bertz CT molecular complexity index is 1050. The maximum absolute atomic E-state index is 13.2. The molecule has 0 unspecified atom stereocenters. The third-order valence-electron chi connectivity index (χ3n) is 4.64. The number of hydrogen-bond donors (Lipinski definition) is 0. The van der Waals surface area contributed by atoms with Gasteiger partial charge in [-0.1, -0.05) is 18.2 Å². The van der Waals surface area contributed by atoms with Crippen molar-refractivity contribution >= 4 is 27.6 Å². The van der Waals surface area contributed by atoms with Crippen molar-refractivity contribution in [2.75, 3.05) is 25.1 Å². The van der Waals surface area contributed by atoms with Crippen LogP contribution in [0.15, 0.2) is 47.4 Å². The van der Waals surface area contributed by atoms with Crippen LogP contribution in [0.1, 0.15) is 22.8 Å². The van der Waals surface area contributed by atoms with Gasteiger partial charge in [-0.25, -0.2) is 18.0 Å². The molecule has 0 bridgehead atoms. The van der Waals surface area contributed by atoms with Gasteiger partial charge in [0, 0.05) is 6.54 Å². The van der Waals surface area contributed by atoms with Crippen LogP contribution in [0.2, 0.25) is 0 Å². The van der Waals surface area contributed by atoms with Gasteiger partial charge in [-0.2, -0.15) is 0 Å². The summed E-state index contributed by atoms with van der Waals surface area (Å²) in [7, 11) is -1.38. The van der Waals surface area contributed by atoms with Gasteiger partial charge in [0.15, 0.2) is 6.10 Å². The molecule has 0 saturated carbocycles.